The molecule has 0 spiro atoms. The summed E-state index contributed by atoms with van der Waals surface area (Å²) in [5, 5.41) is 20.6. The number of ether oxygens (including phenoxy) is 1. The van der Waals surface area contributed by atoms with Crippen molar-refractivity contribution < 1.29 is 149 Å². The van der Waals surface area contributed by atoms with Crippen LogP contribution in [0.1, 0.15) is 84.3 Å². The minimum Gasteiger partial charge on any atom is -0.744 e. The minimum absolute atomic E-state index is 0. The van der Waals surface area contributed by atoms with Crippen LogP contribution in [0.3, 0.4) is 0 Å². The third kappa shape index (κ3) is 11.8. The van der Waals surface area contributed by atoms with Gasteiger partial charge in [-0.1, -0.05) is 38.1 Å². The molecule has 2 aliphatic heterocycles. The molecular weight excluding hydrogens is 889 g/mol. The Hall–Kier alpha value is -1.21. The third-order valence-electron chi connectivity index (χ3n) is 11.2. The Bertz CT molecular complexity index is 2510. The first-order valence-electron chi connectivity index (χ1n) is 19.6. The van der Waals surface area contributed by atoms with E-state index >= 15 is 0 Å². The zero-order valence-corrected chi connectivity index (χ0v) is 44.4. The fourth-order valence-electron chi connectivity index (χ4n) is 8.61. The number of carbonyl (C=O) groups is 2. The molecule has 0 atom stereocenters. The fraction of sp³-hybridized carbons (Fsp3) is 0.364. The van der Waals surface area contributed by atoms with Crippen molar-refractivity contribution in [1.29, 1.82) is 0 Å². The molecule has 0 saturated carbocycles. The molecule has 61 heavy (non-hydrogen) atoms. The van der Waals surface area contributed by atoms with E-state index in [-0.39, 0.29) is 120 Å². The van der Waals surface area contributed by atoms with Gasteiger partial charge in [0.2, 0.25) is 11.6 Å². The Morgan fingerprint density at radius 2 is 1.61 bits per heavy atom. The third-order valence-corrected chi connectivity index (χ3v) is 12.7. The summed E-state index contributed by atoms with van der Waals surface area (Å²) in [4.78, 5) is 26.8. The molecule has 0 unspecified atom stereocenters. The molecule has 4 aromatic carbocycles. The van der Waals surface area contributed by atoms with Gasteiger partial charge in [-0.15, -0.1) is 0 Å². The predicted octanol–water partition coefficient (Wildman–Crippen LogP) is 1.73. The first-order valence-corrected chi connectivity index (χ1v) is 22.2. The van der Waals surface area contributed by atoms with Gasteiger partial charge in [0.05, 0.1) is 22.4 Å². The summed E-state index contributed by atoms with van der Waals surface area (Å²) >= 11 is 5.39. The molecule has 0 radical (unpaired) electrons. The summed E-state index contributed by atoms with van der Waals surface area (Å²) in [6.07, 6.45) is 9.93. The number of allylic oxidation sites excluding steroid dienone is 4. The van der Waals surface area contributed by atoms with Crippen molar-refractivity contribution in [3.05, 3.63) is 95.7 Å². The van der Waals surface area contributed by atoms with E-state index in [1.165, 1.54) is 17.7 Å². The van der Waals surface area contributed by atoms with E-state index in [1.807, 2.05) is 24.3 Å². The molecule has 312 valence electrons. The van der Waals surface area contributed by atoms with Gasteiger partial charge >= 0.3 is 109 Å². The van der Waals surface area contributed by atoms with E-state index in [2.05, 4.69) is 112 Å². The molecule has 1 N–H and O–H groups in total. The van der Waals surface area contributed by atoms with Crippen LogP contribution in [0.25, 0.3) is 21.5 Å². The number of carbonyl (C=O) groups excluding carboxylic acids is 2. The number of rotatable bonds is 18. The molecule has 2 heterocycles. The van der Waals surface area contributed by atoms with E-state index in [0.717, 1.165) is 92.8 Å². The van der Waals surface area contributed by atoms with E-state index in [9.17, 15) is 27.8 Å². The predicted molar refractivity (Wildman–Crippen MR) is 230 cm³/mol. The molecule has 4 aromatic rings. The summed E-state index contributed by atoms with van der Waals surface area (Å²) < 4.78 is 47.1. The topological polar surface area (TPSA) is 160 Å². The minimum atomic E-state index is -4.59. The number of fused-ring (bicyclic) bond motifs is 6. The van der Waals surface area contributed by atoms with Crippen molar-refractivity contribution in [2.75, 3.05) is 24.5 Å². The number of likely N-dealkylation sites (N-methyl/N-ethyl adjacent to an activating group) is 1. The zero-order chi connectivity index (χ0) is 42.5. The van der Waals surface area contributed by atoms with E-state index in [0.29, 0.717) is 31.3 Å². The Labute approximate surface area is 452 Å². The fourth-order valence-corrected chi connectivity index (χ4v) is 9.63. The quantitative estimate of drug-likeness (QED) is 0.0178. The summed E-state index contributed by atoms with van der Waals surface area (Å²) in [7, 11) is -4.59. The van der Waals surface area contributed by atoms with E-state index in [1.54, 1.807) is 6.07 Å². The van der Waals surface area contributed by atoms with Crippen LogP contribution in [-0.2, 0) is 44.6 Å². The second-order valence-corrected chi connectivity index (χ2v) is 18.0. The molecule has 0 saturated heterocycles. The average molecular weight is 937 g/mol. The molecule has 17 heteroatoms. The van der Waals surface area contributed by atoms with Gasteiger partial charge in [0.15, 0.2) is 11.3 Å². The summed E-state index contributed by atoms with van der Waals surface area (Å²) in [6, 6.07) is 18.6. The molecule has 0 aromatic heterocycles. The summed E-state index contributed by atoms with van der Waals surface area (Å²) in [6.45, 7) is 12.7. The monoisotopic (exact) mass is 936 g/mol. The molecule has 0 fully saturated rings. The molecule has 0 bridgehead atoms. The second-order valence-electron chi connectivity index (χ2n) is 15.7. The largest absolute Gasteiger partial charge is 1.00 e. The van der Waals surface area contributed by atoms with Gasteiger partial charge in [-0.25, -0.2) is 8.42 Å². The maximum atomic E-state index is 12.5. The average Bonchev–Trinajstić information content (AvgIpc) is 3.56. The van der Waals surface area contributed by atoms with Crippen LogP contribution in [0.15, 0.2) is 94.4 Å². The molecule has 12 nitrogen and oxygen atoms in total. The van der Waals surface area contributed by atoms with Crippen molar-refractivity contribution in [3.63, 3.8) is 0 Å². The number of esters is 1. The van der Waals surface area contributed by atoms with Gasteiger partial charge in [-0.2, -0.15) is 8.91 Å². The van der Waals surface area contributed by atoms with Crippen LogP contribution in [0.2, 0.25) is 0 Å². The maximum Gasteiger partial charge on any atom is 1.00 e. The number of anilines is 1. The molecule has 0 aliphatic carbocycles. The standard InChI is InChI=1S/C44H49N3O9S3.2K/c1-6-46-35-22-17-30-27-32(59(51,52)53)19-21-34(30)41(35)43(2,3)37(46)12-10-13-38-44(4,5)42-33-20-18-31(58-56-55-50)26-29(33)16-23-36(42)47(38)25-9-7-8-14-39(48)45-24-11-15-40(49)54-28-57;;/h10,12-13,16-23,26-28H,6-9,11,14-15,24-25H2,1-5H3,(H2-,45,48,50,51,52,53);;/q;2*+1/p-1. The van der Waals surface area contributed by atoms with Crippen LogP contribution < -0.4 is 118 Å². The van der Waals surface area contributed by atoms with Gasteiger partial charge < -0.3 is 24.8 Å². The summed E-state index contributed by atoms with van der Waals surface area (Å²) in [5.74, 6) is -0.462. The van der Waals surface area contributed by atoms with Gasteiger partial charge in [0.1, 0.15) is 16.7 Å². The molecule has 6 rings (SSSR count). The number of amides is 1. The van der Waals surface area contributed by atoms with Crippen LogP contribution in [0.5, 0.6) is 0 Å². The van der Waals surface area contributed by atoms with Crippen LogP contribution in [-0.4, -0.2) is 60.3 Å². The second kappa shape index (κ2) is 22.8. The Morgan fingerprint density at radius 1 is 0.902 bits per heavy atom. The van der Waals surface area contributed by atoms with E-state index in [4.69, 9.17) is 0 Å². The van der Waals surface area contributed by atoms with Gasteiger partial charge in [-0.05, 0) is 122 Å². The molecule has 2 aliphatic rings. The van der Waals surface area contributed by atoms with Crippen LogP contribution in [0.4, 0.5) is 11.4 Å². The number of nitrogens with zero attached hydrogens (tertiary/aromatic N) is 2. The first kappa shape index (κ1) is 52.4. The van der Waals surface area contributed by atoms with Gasteiger partial charge in [0, 0.05) is 71.8 Å². The summed E-state index contributed by atoms with van der Waals surface area (Å²) in [5.41, 5.74) is 6.71. The number of unbranched alkanes of at least 4 members (excludes halogenated alkanes) is 2. The van der Waals surface area contributed by atoms with Gasteiger partial charge in [0.25, 0.3) is 0 Å². The zero-order valence-electron chi connectivity index (χ0n) is 35.7. The van der Waals surface area contributed by atoms with Crippen molar-refractivity contribution >= 4 is 90.4 Å². The van der Waals surface area contributed by atoms with Crippen LogP contribution in [0, 0.1) is 0 Å². The molecule has 1 amide bonds. The Morgan fingerprint density at radius 3 is 2.31 bits per heavy atom. The van der Waals surface area contributed by atoms with Crippen molar-refractivity contribution in [1.82, 2.24) is 5.32 Å². The Balaban J connectivity index is 0.00000410. The number of nitrogens with one attached hydrogen (secondary N) is 1. The molecular formula is C44H48K2N3O9S3+. The number of thiocarbonyl (C=S) groups is 1. The van der Waals surface area contributed by atoms with Crippen molar-refractivity contribution in [3.8, 4) is 0 Å². The van der Waals surface area contributed by atoms with Crippen molar-refractivity contribution in [2.45, 2.75) is 93.8 Å². The maximum absolute atomic E-state index is 12.5. The van der Waals surface area contributed by atoms with Gasteiger partial charge in [-0.3, -0.25) is 14.6 Å². The normalized spacial score (nSPS) is 15.8. The number of hydrogen-bond acceptors (Lipinski definition) is 12. The first-order chi connectivity index (χ1) is 28.1. The van der Waals surface area contributed by atoms with Crippen molar-refractivity contribution in [2.24, 2.45) is 0 Å². The smallest absolute Gasteiger partial charge is 0.744 e. The van der Waals surface area contributed by atoms with E-state index < -0.39 is 26.9 Å². The van der Waals surface area contributed by atoms with Crippen LogP contribution >= 0.6 is 24.3 Å². The SMILES string of the molecule is CCN1/C(=C\C=C\C2=[N+](CCCCCC(=O)NCCCC(=O)OC=S)c3ccc4cc(SOO[O-])ccc4c3C2(C)C)C(C)(C)c2c1ccc1cc(S(=O)(=O)[O-])ccc21.[K+].[K+]. The number of benzene rings is 4. The Kier molecular flexibility index (Phi) is 19.6. The number of hydrogen-bond donors (Lipinski definition) is 1.